The number of thioether (sulfide) groups is 1. The molecule has 29 heavy (non-hydrogen) atoms. The van der Waals surface area contributed by atoms with Crippen LogP contribution in [0.15, 0.2) is 64.5 Å². The molecular formula is C22H24N4O2S. The predicted octanol–water partition coefficient (Wildman–Crippen LogP) is 3.10. The molecule has 0 aliphatic heterocycles. The zero-order chi connectivity index (χ0) is 20.1. The lowest BCUT2D eigenvalue weighted by Crippen LogP contribution is -2.32. The van der Waals surface area contributed by atoms with Crippen molar-refractivity contribution in [3.63, 3.8) is 0 Å². The van der Waals surface area contributed by atoms with Crippen LogP contribution in [0.2, 0.25) is 0 Å². The minimum Gasteiger partial charge on any atom is -0.349 e. The fourth-order valence-corrected chi connectivity index (χ4v) is 4.55. The van der Waals surface area contributed by atoms with Crippen molar-refractivity contribution in [2.24, 2.45) is 0 Å². The summed E-state index contributed by atoms with van der Waals surface area (Å²) in [5.41, 5.74) is 3.45. The molecule has 1 heterocycles. The third-order valence-corrected chi connectivity index (χ3v) is 6.20. The standard InChI is InChI=1S/C22H24N4O2S/c27-20(23-19-12-6-10-17-9-4-5-11-18(17)19)15-29-22-25-24-21(28)26(22)14-13-16-7-2-1-3-8-16/h1-5,7-9,11,19H,6,10,12-15H2,(H,23,27)(H,24,28)/t19-/m0/s1. The third-order valence-electron chi connectivity index (χ3n) is 5.23. The number of aryl methyl sites for hydroxylation is 2. The molecule has 6 nitrogen and oxygen atoms in total. The van der Waals surface area contributed by atoms with Gasteiger partial charge < -0.3 is 5.32 Å². The molecule has 150 valence electrons. The van der Waals surface area contributed by atoms with E-state index in [0.29, 0.717) is 11.7 Å². The number of carbonyl (C=O) groups is 1. The maximum atomic E-state index is 12.5. The minimum absolute atomic E-state index is 0.0400. The van der Waals surface area contributed by atoms with Crippen molar-refractivity contribution in [1.29, 1.82) is 0 Å². The summed E-state index contributed by atoms with van der Waals surface area (Å²) in [5.74, 6) is 0.190. The second kappa shape index (κ2) is 9.13. The number of carbonyl (C=O) groups excluding carboxylic acids is 1. The van der Waals surface area contributed by atoms with Gasteiger partial charge in [0, 0.05) is 6.54 Å². The smallest absolute Gasteiger partial charge is 0.343 e. The fourth-order valence-electron chi connectivity index (χ4n) is 3.77. The van der Waals surface area contributed by atoms with Crippen LogP contribution in [0.1, 0.15) is 35.6 Å². The Morgan fingerprint density at radius 2 is 1.97 bits per heavy atom. The molecule has 7 heteroatoms. The Labute approximate surface area is 173 Å². The minimum atomic E-state index is -0.245. The summed E-state index contributed by atoms with van der Waals surface area (Å²) in [4.78, 5) is 24.6. The van der Waals surface area contributed by atoms with Crippen LogP contribution in [0, 0.1) is 0 Å². The maximum absolute atomic E-state index is 12.5. The van der Waals surface area contributed by atoms with E-state index in [1.807, 2.05) is 42.5 Å². The highest BCUT2D eigenvalue weighted by atomic mass is 32.2. The number of aromatic amines is 1. The zero-order valence-electron chi connectivity index (χ0n) is 16.1. The number of benzene rings is 2. The van der Waals surface area contributed by atoms with Crippen LogP contribution in [0.5, 0.6) is 0 Å². The molecule has 0 unspecified atom stereocenters. The first-order chi connectivity index (χ1) is 14.2. The van der Waals surface area contributed by atoms with Gasteiger partial charge in [-0.05, 0) is 42.4 Å². The van der Waals surface area contributed by atoms with Crippen molar-refractivity contribution >= 4 is 17.7 Å². The highest BCUT2D eigenvalue weighted by Crippen LogP contribution is 2.29. The monoisotopic (exact) mass is 408 g/mol. The van der Waals surface area contributed by atoms with E-state index in [-0.39, 0.29) is 23.4 Å². The molecule has 1 aliphatic carbocycles. The van der Waals surface area contributed by atoms with E-state index in [2.05, 4.69) is 27.6 Å². The molecule has 2 aromatic carbocycles. The molecule has 0 saturated heterocycles. The van der Waals surface area contributed by atoms with Crippen LogP contribution in [-0.2, 0) is 24.2 Å². The van der Waals surface area contributed by atoms with Gasteiger partial charge in [-0.3, -0.25) is 9.36 Å². The van der Waals surface area contributed by atoms with Crippen molar-refractivity contribution in [2.45, 2.75) is 43.4 Å². The molecule has 0 fully saturated rings. The highest BCUT2D eigenvalue weighted by molar-refractivity contribution is 7.99. The lowest BCUT2D eigenvalue weighted by molar-refractivity contribution is -0.119. The van der Waals surface area contributed by atoms with Crippen LogP contribution >= 0.6 is 11.8 Å². The highest BCUT2D eigenvalue weighted by Gasteiger charge is 2.21. The number of hydrogen-bond donors (Lipinski definition) is 2. The van der Waals surface area contributed by atoms with Crippen LogP contribution in [0.25, 0.3) is 0 Å². The molecule has 2 N–H and O–H groups in total. The van der Waals surface area contributed by atoms with E-state index in [4.69, 9.17) is 0 Å². The van der Waals surface area contributed by atoms with Gasteiger partial charge in [0.25, 0.3) is 0 Å². The number of nitrogens with zero attached hydrogens (tertiary/aromatic N) is 2. The third kappa shape index (κ3) is 4.79. The Morgan fingerprint density at radius 3 is 2.83 bits per heavy atom. The summed E-state index contributed by atoms with van der Waals surface area (Å²) < 4.78 is 1.60. The van der Waals surface area contributed by atoms with Gasteiger partial charge in [-0.25, -0.2) is 9.89 Å². The maximum Gasteiger partial charge on any atom is 0.343 e. The molecule has 4 rings (SSSR count). The Kier molecular flexibility index (Phi) is 6.14. The molecule has 0 bridgehead atoms. The van der Waals surface area contributed by atoms with E-state index in [1.54, 1.807) is 4.57 Å². The van der Waals surface area contributed by atoms with Crippen molar-refractivity contribution in [2.75, 3.05) is 5.75 Å². The first kappa shape index (κ1) is 19.5. The first-order valence-electron chi connectivity index (χ1n) is 9.90. The zero-order valence-corrected chi connectivity index (χ0v) is 17.0. The number of hydrogen-bond acceptors (Lipinski definition) is 4. The van der Waals surface area contributed by atoms with Gasteiger partial charge >= 0.3 is 5.69 Å². The summed E-state index contributed by atoms with van der Waals surface area (Å²) in [6, 6.07) is 18.4. The van der Waals surface area contributed by atoms with Crippen LogP contribution in [0.3, 0.4) is 0 Å². The molecule has 0 radical (unpaired) electrons. The van der Waals surface area contributed by atoms with E-state index in [9.17, 15) is 9.59 Å². The van der Waals surface area contributed by atoms with Gasteiger partial charge in [-0.2, -0.15) is 0 Å². The van der Waals surface area contributed by atoms with Crippen LogP contribution in [-0.4, -0.2) is 26.4 Å². The summed E-state index contributed by atoms with van der Waals surface area (Å²) in [6.45, 7) is 0.527. The SMILES string of the molecule is O=C(CSc1n[nH]c(=O)n1CCc1ccccc1)N[C@H]1CCCc2ccccc21. The average Bonchev–Trinajstić information content (AvgIpc) is 3.11. The molecule has 1 amide bonds. The Bertz CT molecular complexity index is 1030. The van der Waals surface area contributed by atoms with E-state index >= 15 is 0 Å². The topological polar surface area (TPSA) is 79.8 Å². The second-order valence-corrected chi connectivity index (χ2v) is 8.14. The summed E-state index contributed by atoms with van der Waals surface area (Å²) in [6.07, 6.45) is 3.84. The quantitative estimate of drug-likeness (QED) is 0.589. The summed E-state index contributed by atoms with van der Waals surface area (Å²) >= 11 is 1.29. The molecule has 1 aliphatic rings. The Morgan fingerprint density at radius 1 is 1.17 bits per heavy atom. The van der Waals surface area contributed by atoms with E-state index in [1.165, 1.54) is 22.9 Å². The first-order valence-corrected chi connectivity index (χ1v) is 10.9. The van der Waals surface area contributed by atoms with Gasteiger partial charge in [-0.1, -0.05) is 66.4 Å². The van der Waals surface area contributed by atoms with Gasteiger partial charge in [0.05, 0.1) is 11.8 Å². The van der Waals surface area contributed by atoms with Gasteiger partial charge in [0.15, 0.2) is 5.16 Å². The van der Waals surface area contributed by atoms with Gasteiger partial charge in [0.2, 0.25) is 5.91 Å². The number of amides is 1. The Balaban J connectivity index is 1.35. The summed E-state index contributed by atoms with van der Waals surface area (Å²) in [5, 5.41) is 10.3. The normalized spacial score (nSPS) is 15.7. The molecule has 3 aromatic rings. The molecular weight excluding hydrogens is 384 g/mol. The number of aromatic nitrogens is 3. The summed E-state index contributed by atoms with van der Waals surface area (Å²) in [7, 11) is 0. The van der Waals surface area contributed by atoms with Gasteiger partial charge in [0.1, 0.15) is 0 Å². The fraction of sp³-hybridized carbons (Fsp3) is 0.318. The lowest BCUT2D eigenvalue weighted by atomic mass is 9.88. The number of nitrogens with one attached hydrogen (secondary N) is 2. The van der Waals surface area contributed by atoms with Crippen molar-refractivity contribution < 1.29 is 4.79 Å². The second-order valence-electron chi connectivity index (χ2n) is 7.20. The van der Waals surface area contributed by atoms with Gasteiger partial charge in [-0.15, -0.1) is 5.10 Å². The number of rotatable bonds is 7. The van der Waals surface area contributed by atoms with E-state index in [0.717, 1.165) is 31.2 Å². The van der Waals surface area contributed by atoms with Crippen LogP contribution in [0.4, 0.5) is 0 Å². The van der Waals surface area contributed by atoms with Crippen molar-refractivity contribution in [1.82, 2.24) is 20.1 Å². The largest absolute Gasteiger partial charge is 0.349 e. The molecule has 1 atom stereocenters. The van der Waals surface area contributed by atoms with Crippen molar-refractivity contribution in [3.8, 4) is 0 Å². The molecule has 0 saturated carbocycles. The number of fused-ring (bicyclic) bond motifs is 1. The Hall–Kier alpha value is -2.80. The molecule has 0 spiro atoms. The van der Waals surface area contributed by atoms with Crippen LogP contribution < -0.4 is 11.0 Å². The predicted molar refractivity (Wildman–Crippen MR) is 114 cm³/mol. The lowest BCUT2D eigenvalue weighted by Gasteiger charge is -2.26. The van der Waals surface area contributed by atoms with E-state index < -0.39 is 0 Å². The number of H-pyrrole nitrogens is 1. The average molecular weight is 409 g/mol. The van der Waals surface area contributed by atoms with Crippen molar-refractivity contribution in [3.05, 3.63) is 81.8 Å². The molecule has 1 aromatic heterocycles.